The van der Waals surface area contributed by atoms with Gasteiger partial charge in [-0.25, -0.2) is 4.98 Å². The van der Waals surface area contributed by atoms with E-state index in [-0.39, 0.29) is 5.91 Å². The molecule has 0 fully saturated rings. The molecule has 0 bridgehead atoms. The Morgan fingerprint density at radius 2 is 2.00 bits per heavy atom. The predicted molar refractivity (Wildman–Crippen MR) is 109 cm³/mol. The molecule has 28 heavy (non-hydrogen) atoms. The van der Waals surface area contributed by atoms with Crippen molar-refractivity contribution in [1.82, 2.24) is 9.88 Å². The SMILES string of the molecule is O=C(c1ccc(OCc2cscn2)cc1)N(Cc1ccco1)Cc1cccs1. The van der Waals surface area contributed by atoms with E-state index in [1.807, 2.05) is 47.2 Å². The van der Waals surface area contributed by atoms with Crippen LogP contribution in [0.3, 0.4) is 0 Å². The first-order chi connectivity index (χ1) is 13.8. The zero-order valence-electron chi connectivity index (χ0n) is 15.0. The number of amides is 1. The molecule has 1 aromatic carbocycles. The fourth-order valence-electron chi connectivity index (χ4n) is 2.72. The molecule has 4 aromatic rings. The largest absolute Gasteiger partial charge is 0.487 e. The maximum absolute atomic E-state index is 13.1. The standard InChI is InChI=1S/C21H18N2O3S2/c24-21(16-5-7-18(8-6-16)26-13-17-14-27-15-22-17)23(11-19-3-1-9-25-19)12-20-4-2-10-28-20/h1-10,14-15H,11-13H2. The summed E-state index contributed by atoms with van der Waals surface area (Å²) in [5, 5.41) is 3.97. The van der Waals surface area contributed by atoms with E-state index in [9.17, 15) is 4.79 Å². The van der Waals surface area contributed by atoms with Gasteiger partial charge in [-0.1, -0.05) is 6.07 Å². The van der Waals surface area contributed by atoms with Crippen LogP contribution in [0.1, 0.15) is 26.7 Å². The molecule has 5 nitrogen and oxygen atoms in total. The molecule has 142 valence electrons. The average Bonchev–Trinajstić information content (AvgIpc) is 3.49. The van der Waals surface area contributed by atoms with E-state index in [0.29, 0.717) is 31.0 Å². The molecule has 7 heteroatoms. The number of hydrogen-bond donors (Lipinski definition) is 0. The maximum atomic E-state index is 13.1. The number of furan rings is 1. The Balaban J connectivity index is 1.45. The van der Waals surface area contributed by atoms with E-state index in [1.165, 1.54) is 11.3 Å². The number of nitrogens with zero attached hydrogens (tertiary/aromatic N) is 2. The van der Waals surface area contributed by atoms with Crippen LogP contribution in [0.2, 0.25) is 0 Å². The van der Waals surface area contributed by atoms with Crippen LogP contribution in [0, 0.1) is 0 Å². The van der Waals surface area contributed by atoms with Crippen LogP contribution >= 0.6 is 22.7 Å². The van der Waals surface area contributed by atoms with E-state index >= 15 is 0 Å². The highest BCUT2D eigenvalue weighted by Crippen LogP contribution is 2.20. The summed E-state index contributed by atoms with van der Waals surface area (Å²) in [7, 11) is 0. The number of thiazole rings is 1. The Hall–Kier alpha value is -2.90. The summed E-state index contributed by atoms with van der Waals surface area (Å²) in [6.07, 6.45) is 1.62. The number of hydrogen-bond acceptors (Lipinski definition) is 6. The third-order valence-electron chi connectivity index (χ3n) is 4.11. The van der Waals surface area contributed by atoms with Gasteiger partial charge < -0.3 is 14.1 Å². The highest BCUT2D eigenvalue weighted by atomic mass is 32.1. The zero-order chi connectivity index (χ0) is 19.2. The second-order valence-electron chi connectivity index (χ2n) is 6.11. The minimum Gasteiger partial charge on any atom is -0.487 e. The lowest BCUT2D eigenvalue weighted by atomic mass is 10.2. The summed E-state index contributed by atoms with van der Waals surface area (Å²) in [6.45, 7) is 1.38. The average molecular weight is 411 g/mol. The van der Waals surface area contributed by atoms with Crippen molar-refractivity contribution in [2.24, 2.45) is 0 Å². The van der Waals surface area contributed by atoms with Crippen LogP contribution in [-0.2, 0) is 19.7 Å². The Bertz CT molecular complexity index is 943. The second kappa shape index (κ2) is 8.86. The molecule has 0 saturated heterocycles. The molecule has 3 heterocycles. The molecule has 3 aromatic heterocycles. The minimum atomic E-state index is -0.0455. The molecule has 0 aliphatic heterocycles. The van der Waals surface area contributed by atoms with E-state index in [2.05, 4.69) is 4.98 Å². The van der Waals surface area contributed by atoms with Gasteiger partial charge in [0.25, 0.3) is 5.91 Å². The van der Waals surface area contributed by atoms with Crippen molar-refractivity contribution < 1.29 is 13.9 Å². The number of benzene rings is 1. The first-order valence-corrected chi connectivity index (χ1v) is 10.5. The van der Waals surface area contributed by atoms with Crippen molar-refractivity contribution >= 4 is 28.6 Å². The van der Waals surface area contributed by atoms with Gasteiger partial charge in [-0.15, -0.1) is 22.7 Å². The lowest BCUT2D eigenvalue weighted by Crippen LogP contribution is -2.29. The van der Waals surface area contributed by atoms with Crippen molar-refractivity contribution in [1.29, 1.82) is 0 Å². The van der Waals surface area contributed by atoms with Gasteiger partial charge >= 0.3 is 0 Å². The van der Waals surface area contributed by atoms with Crippen LogP contribution in [-0.4, -0.2) is 15.8 Å². The van der Waals surface area contributed by atoms with E-state index in [1.54, 1.807) is 40.1 Å². The monoisotopic (exact) mass is 410 g/mol. The highest BCUT2D eigenvalue weighted by molar-refractivity contribution is 7.09. The van der Waals surface area contributed by atoms with Gasteiger partial charge in [0.15, 0.2) is 0 Å². The van der Waals surface area contributed by atoms with Crippen molar-refractivity contribution in [3.05, 3.63) is 93.0 Å². The minimum absolute atomic E-state index is 0.0455. The van der Waals surface area contributed by atoms with Crippen LogP contribution in [0.5, 0.6) is 5.75 Å². The summed E-state index contributed by atoms with van der Waals surface area (Å²) < 4.78 is 11.2. The van der Waals surface area contributed by atoms with Gasteiger partial charge in [-0.3, -0.25) is 4.79 Å². The van der Waals surface area contributed by atoms with Gasteiger partial charge in [-0.05, 0) is 47.8 Å². The van der Waals surface area contributed by atoms with E-state index in [4.69, 9.17) is 9.15 Å². The number of thiophene rings is 1. The number of ether oxygens (including phenoxy) is 1. The summed E-state index contributed by atoms with van der Waals surface area (Å²) in [5.41, 5.74) is 3.29. The first kappa shape index (κ1) is 18.5. The molecule has 0 atom stereocenters. The predicted octanol–water partition coefficient (Wildman–Crippen LogP) is 5.22. The third-order valence-corrected chi connectivity index (χ3v) is 5.61. The van der Waals surface area contributed by atoms with Crippen molar-refractivity contribution in [3.63, 3.8) is 0 Å². The van der Waals surface area contributed by atoms with Crippen LogP contribution < -0.4 is 4.74 Å². The van der Waals surface area contributed by atoms with Gasteiger partial charge in [0.05, 0.1) is 30.6 Å². The van der Waals surface area contributed by atoms with E-state index in [0.717, 1.165) is 16.3 Å². The highest BCUT2D eigenvalue weighted by Gasteiger charge is 2.18. The summed E-state index contributed by atoms with van der Waals surface area (Å²) >= 11 is 3.17. The third kappa shape index (κ3) is 4.68. The van der Waals surface area contributed by atoms with Crippen LogP contribution in [0.4, 0.5) is 0 Å². The topological polar surface area (TPSA) is 55.6 Å². The quantitative estimate of drug-likeness (QED) is 0.400. The Kier molecular flexibility index (Phi) is 5.84. The Morgan fingerprint density at radius 1 is 1.11 bits per heavy atom. The van der Waals surface area contributed by atoms with E-state index < -0.39 is 0 Å². The van der Waals surface area contributed by atoms with Crippen LogP contribution in [0.25, 0.3) is 0 Å². The summed E-state index contributed by atoms with van der Waals surface area (Å²) in [4.78, 5) is 20.2. The number of aromatic nitrogens is 1. The molecular weight excluding hydrogens is 392 g/mol. The maximum Gasteiger partial charge on any atom is 0.254 e. The number of rotatable bonds is 8. The fraction of sp³-hybridized carbons (Fsp3) is 0.143. The summed E-state index contributed by atoms with van der Waals surface area (Å²) in [5.74, 6) is 1.42. The molecule has 0 N–H and O–H groups in total. The second-order valence-corrected chi connectivity index (χ2v) is 7.86. The first-order valence-electron chi connectivity index (χ1n) is 8.72. The van der Waals surface area contributed by atoms with Crippen molar-refractivity contribution in [2.75, 3.05) is 0 Å². The zero-order valence-corrected chi connectivity index (χ0v) is 16.6. The molecule has 0 aliphatic rings. The Labute approximate surface area is 170 Å². The molecule has 0 saturated carbocycles. The molecule has 0 radical (unpaired) electrons. The lowest BCUT2D eigenvalue weighted by Gasteiger charge is -2.21. The van der Waals surface area contributed by atoms with Crippen molar-refractivity contribution in [3.8, 4) is 5.75 Å². The van der Waals surface area contributed by atoms with Crippen molar-refractivity contribution in [2.45, 2.75) is 19.7 Å². The van der Waals surface area contributed by atoms with Gasteiger partial charge in [0.1, 0.15) is 18.1 Å². The fourth-order valence-corrected chi connectivity index (χ4v) is 3.99. The normalized spacial score (nSPS) is 10.7. The molecule has 4 rings (SSSR count). The van der Waals surface area contributed by atoms with Gasteiger partial charge in [0, 0.05) is 15.8 Å². The lowest BCUT2D eigenvalue weighted by molar-refractivity contribution is 0.0719. The smallest absolute Gasteiger partial charge is 0.254 e. The van der Waals surface area contributed by atoms with Crippen LogP contribution in [0.15, 0.2) is 75.5 Å². The molecule has 0 spiro atoms. The molecule has 0 aliphatic carbocycles. The van der Waals surface area contributed by atoms with Gasteiger partial charge in [-0.2, -0.15) is 0 Å². The number of carbonyl (C=O) groups excluding carboxylic acids is 1. The number of carbonyl (C=O) groups is 1. The molecule has 1 amide bonds. The summed E-state index contributed by atoms with van der Waals surface area (Å²) in [6, 6.07) is 14.9. The Morgan fingerprint density at radius 3 is 2.68 bits per heavy atom. The molecule has 0 unspecified atom stereocenters. The molecular formula is C21H18N2O3S2. The van der Waals surface area contributed by atoms with Gasteiger partial charge in [0.2, 0.25) is 0 Å².